The second-order valence-corrected chi connectivity index (χ2v) is 10.1. The van der Waals surface area contributed by atoms with Crippen LogP contribution in [0.4, 0.5) is 5.82 Å². The quantitative estimate of drug-likeness (QED) is 0.260. The number of hydrogen-bond donors (Lipinski definition) is 1. The molecule has 1 fully saturated rings. The number of rotatable bonds is 8. The molecule has 2 aromatic heterocycles. The maximum Gasteiger partial charge on any atom is 0.254 e. The second kappa shape index (κ2) is 12.4. The number of aromatic nitrogens is 3. The number of halogens is 2. The number of carbonyl (C=O) groups is 2. The van der Waals surface area contributed by atoms with E-state index in [1.54, 1.807) is 36.5 Å². The van der Waals surface area contributed by atoms with Crippen molar-refractivity contribution in [2.24, 2.45) is 0 Å². The van der Waals surface area contributed by atoms with Crippen molar-refractivity contribution in [2.45, 2.75) is 24.5 Å². The summed E-state index contributed by atoms with van der Waals surface area (Å²) in [6, 6.07) is 14.3. The molecule has 36 heavy (non-hydrogen) atoms. The predicted molar refractivity (Wildman–Crippen MR) is 143 cm³/mol. The molecular weight excluding hydrogens is 519 g/mol. The lowest BCUT2D eigenvalue weighted by molar-refractivity contribution is -0.118. The van der Waals surface area contributed by atoms with Gasteiger partial charge in [0.2, 0.25) is 5.91 Å². The standard InChI is InChI=1S/C25H26Cl2N6O2S/c1-17-15-32(12-13-33(17)24(35)18-5-7-19(26)8-6-18)22-14-21(27)30-25(31-22)36-16-23(34)29-11-9-20-4-2-3-10-28-20/h2-8,10,14,17H,9,11-13,15-16H2,1H3,(H,29,34). The molecule has 0 radical (unpaired) electrons. The molecule has 3 heterocycles. The van der Waals surface area contributed by atoms with Crippen LogP contribution in [0.5, 0.6) is 0 Å². The van der Waals surface area contributed by atoms with Crippen LogP contribution >= 0.6 is 35.0 Å². The Morgan fingerprint density at radius 3 is 2.64 bits per heavy atom. The Morgan fingerprint density at radius 1 is 1.11 bits per heavy atom. The fourth-order valence-electron chi connectivity index (χ4n) is 3.89. The highest BCUT2D eigenvalue weighted by Crippen LogP contribution is 2.25. The van der Waals surface area contributed by atoms with Crippen LogP contribution in [0, 0.1) is 0 Å². The zero-order valence-corrected chi connectivity index (χ0v) is 22.1. The summed E-state index contributed by atoms with van der Waals surface area (Å²) < 4.78 is 0. The van der Waals surface area contributed by atoms with Crippen LogP contribution < -0.4 is 10.2 Å². The number of piperazine rings is 1. The molecule has 0 spiro atoms. The largest absolute Gasteiger partial charge is 0.355 e. The minimum absolute atomic E-state index is 0.0233. The van der Waals surface area contributed by atoms with Crippen molar-refractivity contribution in [1.82, 2.24) is 25.2 Å². The number of benzene rings is 1. The van der Waals surface area contributed by atoms with Crippen molar-refractivity contribution in [3.8, 4) is 0 Å². The molecule has 0 saturated carbocycles. The maximum atomic E-state index is 13.0. The number of carbonyl (C=O) groups excluding carboxylic acids is 2. The highest BCUT2D eigenvalue weighted by Gasteiger charge is 2.29. The molecule has 2 amide bonds. The van der Waals surface area contributed by atoms with E-state index in [4.69, 9.17) is 23.2 Å². The van der Waals surface area contributed by atoms with Gasteiger partial charge in [0, 0.05) is 67.2 Å². The van der Waals surface area contributed by atoms with Crippen LogP contribution in [0.2, 0.25) is 10.2 Å². The third-order valence-corrected chi connectivity index (χ3v) is 7.02. The van der Waals surface area contributed by atoms with Gasteiger partial charge in [-0.1, -0.05) is 41.0 Å². The fourth-order valence-corrected chi connectivity index (χ4v) is 4.93. The van der Waals surface area contributed by atoms with Crippen LogP contribution in [0.25, 0.3) is 0 Å². The van der Waals surface area contributed by atoms with Gasteiger partial charge in [0.05, 0.1) is 5.75 Å². The lowest BCUT2D eigenvalue weighted by Crippen LogP contribution is -2.54. The topological polar surface area (TPSA) is 91.3 Å². The molecule has 1 unspecified atom stereocenters. The monoisotopic (exact) mass is 544 g/mol. The number of anilines is 1. The smallest absolute Gasteiger partial charge is 0.254 e. The van der Waals surface area contributed by atoms with E-state index < -0.39 is 0 Å². The van der Waals surface area contributed by atoms with E-state index in [0.29, 0.717) is 59.3 Å². The summed E-state index contributed by atoms with van der Waals surface area (Å²) >= 11 is 13.5. The van der Waals surface area contributed by atoms with Gasteiger partial charge in [-0.15, -0.1) is 0 Å². The van der Waals surface area contributed by atoms with E-state index in [1.807, 2.05) is 30.0 Å². The van der Waals surface area contributed by atoms with Crippen LogP contribution in [0.15, 0.2) is 59.9 Å². The Hall–Kier alpha value is -2.88. The van der Waals surface area contributed by atoms with Gasteiger partial charge in [-0.05, 0) is 43.3 Å². The van der Waals surface area contributed by atoms with Gasteiger partial charge >= 0.3 is 0 Å². The normalized spacial score (nSPS) is 15.6. The zero-order chi connectivity index (χ0) is 25.5. The molecule has 1 aliphatic rings. The van der Waals surface area contributed by atoms with E-state index >= 15 is 0 Å². The number of amides is 2. The first-order valence-corrected chi connectivity index (χ1v) is 13.3. The summed E-state index contributed by atoms with van der Waals surface area (Å²) in [6.45, 7) is 4.27. The van der Waals surface area contributed by atoms with E-state index in [9.17, 15) is 9.59 Å². The Kier molecular flexibility index (Phi) is 9.01. The number of hydrogen-bond acceptors (Lipinski definition) is 7. The van der Waals surface area contributed by atoms with Crippen molar-refractivity contribution in [2.75, 3.05) is 36.8 Å². The van der Waals surface area contributed by atoms with Crippen molar-refractivity contribution < 1.29 is 9.59 Å². The summed E-state index contributed by atoms with van der Waals surface area (Å²) in [4.78, 5) is 42.3. The van der Waals surface area contributed by atoms with Gasteiger partial charge in [0.1, 0.15) is 11.0 Å². The Bertz CT molecular complexity index is 1200. The zero-order valence-electron chi connectivity index (χ0n) is 19.7. The first-order valence-electron chi connectivity index (χ1n) is 11.5. The Balaban J connectivity index is 1.30. The van der Waals surface area contributed by atoms with Gasteiger partial charge in [-0.25, -0.2) is 9.97 Å². The van der Waals surface area contributed by atoms with Gasteiger partial charge in [0.15, 0.2) is 5.16 Å². The second-order valence-electron chi connectivity index (χ2n) is 8.34. The first-order chi connectivity index (χ1) is 17.4. The average Bonchev–Trinajstić information content (AvgIpc) is 2.88. The predicted octanol–water partition coefficient (Wildman–Crippen LogP) is 3.98. The molecule has 1 atom stereocenters. The Morgan fingerprint density at radius 2 is 1.92 bits per heavy atom. The maximum absolute atomic E-state index is 13.0. The third kappa shape index (κ3) is 7.09. The third-order valence-electron chi connectivity index (χ3n) is 5.73. The van der Waals surface area contributed by atoms with Crippen LogP contribution in [-0.4, -0.2) is 69.6 Å². The molecule has 8 nitrogen and oxygen atoms in total. The molecule has 4 rings (SSSR count). The van der Waals surface area contributed by atoms with E-state index in [2.05, 4.69) is 25.2 Å². The van der Waals surface area contributed by atoms with Crippen molar-refractivity contribution in [3.63, 3.8) is 0 Å². The van der Waals surface area contributed by atoms with Crippen LogP contribution in [-0.2, 0) is 11.2 Å². The average molecular weight is 545 g/mol. The minimum Gasteiger partial charge on any atom is -0.355 e. The van der Waals surface area contributed by atoms with Gasteiger partial charge in [-0.2, -0.15) is 0 Å². The first kappa shape index (κ1) is 26.2. The molecule has 1 saturated heterocycles. The summed E-state index contributed by atoms with van der Waals surface area (Å²) in [5.74, 6) is 0.731. The summed E-state index contributed by atoms with van der Waals surface area (Å²) in [6.07, 6.45) is 2.40. The highest BCUT2D eigenvalue weighted by molar-refractivity contribution is 7.99. The number of pyridine rings is 1. The summed E-state index contributed by atoms with van der Waals surface area (Å²) in [5, 5.41) is 4.23. The number of thioether (sulfide) groups is 1. The van der Waals surface area contributed by atoms with E-state index in [1.165, 1.54) is 11.8 Å². The number of nitrogens with one attached hydrogen (secondary N) is 1. The molecule has 0 aliphatic carbocycles. The summed E-state index contributed by atoms with van der Waals surface area (Å²) in [7, 11) is 0. The molecule has 188 valence electrons. The van der Waals surface area contributed by atoms with E-state index in [-0.39, 0.29) is 23.6 Å². The van der Waals surface area contributed by atoms with E-state index in [0.717, 1.165) is 5.69 Å². The SMILES string of the molecule is CC1CN(c2cc(Cl)nc(SCC(=O)NCCc3ccccn3)n2)CCN1C(=O)c1ccc(Cl)cc1. The lowest BCUT2D eigenvalue weighted by Gasteiger charge is -2.40. The molecule has 1 aliphatic heterocycles. The van der Waals surface area contributed by atoms with Crippen molar-refractivity contribution in [1.29, 1.82) is 0 Å². The minimum atomic E-state index is -0.107. The molecule has 1 N–H and O–H groups in total. The fraction of sp³-hybridized carbons (Fsp3) is 0.320. The highest BCUT2D eigenvalue weighted by atomic mass is 35.5. The molecule has 11 heteroatoms. The molecule has 0 bridgehead atoms. The van der Waals surface area contributed by atoms with Gasteiger partial charge in [0.25, 0.3) is 5.91 Å². The number of nitrogens with zero attached hydrogens (tertiary/aromatic N) is 5. The van der Waals surface area contributed by atoms with Crippen LogP contribution in [0.3, 0.4) is 0 Å². The molecule has 3 aromatic rings. The lowest BCUT2D eigenvalue weighted by atomic mass is 10.1. The van der Waals surface area contributed by atoms with Crippen LogP contribution in [0.1, 0.15) is 23.0 Å². The van der Waals surface area contributed by atoms with Crippen molar-refractivity contribution in [3.05, 3.63) is 76.2 Å². The molecule has 1 aromatic carbocycles. The molecular formula is C25H26Cl2N6O2S. The van der Waals surface area contributed by atoms with Crippen molar-refractivity contribution >= 4 is 52.6 Å². The van der Waals surface area contributed by atoms with Gasteiger partial charge in [-0.3, -0.25) is 14.6 Å². The Labute approximate surface area is 224 Å². The summed E-state index contributed by atoms with van der Waals surface area (Å²) in [5.41, 5.74) is 1.54. The van der Waals surface area contributed by atoms with Gasteiger partial charge < -0.3 is 15.1 Å².